The summed E-state index contributed by atoms with van der Waals surface area (Å²) < 4.78 is 0. The molecule has 1 aromatic heterocycles. The number of carbonyl (C=O) groups is 1. The Morgan fingerprint density at radius 3 is 3.00 bits per heavy atom. The van der Waals surface area contributed by atoms with Gasteiger partial charge >= 0.3 is 0 Å². The predicted octanol–water partition coefficient (Wildman–Crippen LogP) is 0.567. The van der Waals surface area contributed by atoms with Crippen LogP contribution in [0.3, 0.4) is 0 Å². The Kier molecular flexibility index (Phi) is 4.66. The molecule has 0 saturated carbocycles. The van der Waals surface area contributed by atoms with Crippen molar-refractivity contribution in [2.45, 2.75) is 38.6 Å². The molecule has 3 heterocycles. The highest BCUT2D eigenvalue weighted by molar-refractivity contribution is 5.77. The number of aryl methyl sites for hydroxylation is 1. The number of aromatic nitrogens is 2. The molecule has 1 amide bonds. The Balaban J connectivity index is 1.71. The van der Waals surface area contributed by atoms with Gasteiger partial charge < -0.3 is 20.6 Å². The molecule has 0 unspecified atom stereocenters. The van der Waals surface area contributed by atoms with E-state index in [2.05, 4.69) is 14.9 Å². The van der Waals surface area contributed by atoms with Crippen LogP contribution in [0.25, 0.3) is 0 Å². The van der Waals surface area contributed by atoms with E-state index in [9.17, 15) is 4.79 Å². The van der Waals surface area contributed by atoms with Gasteiger partial charge in [0.25, 0.3) is 0 Å². The summed E-state index contributed by atoms with van der Waals surface area (Å²) in [5.74, 6) is 1.88. The number of aliphatic hydroxyl groups is 1. The molecule has 0 radical (unpaired) electrons. The topological polar surface area (TPSA) is 95.6 Å². The molecule has 7 nitrogen and oxygen atoms in total. The van der Waals surface area contributed by atoms with Crippen LogP contribution in [0.1, 0.15) is 31.2 Å². The quantitative estimate of drug-likeness (QED) is 0.842. The molecule has 3 N–H and O–H groups in total. The van der Waals surface area contributed by atoms with Crippen molar-refractivity contribution in [2.24, 2.45) is 5.92 Å². The lowest BCUT2D eigenvalue weighted by molar-refractivity contribution is -0.139. The summed E-state index contributed by atoms with van der Waals surface area (Å²) in [6.45, 7) is 4.37. The highest BCUT2D eigenvalue weighted by Gasteiger charge is 2.39. The zero-order chi connectivity index (χ0) is 16.4. The normalized spacial score (nSPS) is 24.7. The second-order valence-corrected chi connectivity index (χ2v) is 6.50. The lowest BCUT2D eigenvalue weighted by atomic mass is 9.83. The average Bonchev–Trinajstić information content (AvgIpc) is 2.56. The van der Waals surface area contributed by atoms with Gasteiger partial charge in [-0.1, -0.05) is 0 Å². The number of rotatable bonds is 4. The monoisotopic (exact) mass is 319 g/mol. The number of hydrogen-bond donors (Lipinski definition) is 2. The third-order valence-corrected chi connectivity index (χ3v) is 4.98. The molecule has 2 aliphatic rings. The van der Waals surface area contributed by atoms with Crippen molar-refractivity contribution in [3.63, 3.8) is 0 Å². The van der Waals surface area contributed by atoms with Crippen LogP contribution in [0.4, 0.5) is 11.8 Å². The second kappa shape index (κ2) is 6.70. The van der Waals surface area contributed by atoms with Crippen molar-refractivity contribution in [2.75, 3.05) is 36.9 Å². The van der Waals surface area contributed by atoms with Crippen molar-refractivity contribution in [1.29, 1.82) is 0 Å². The van der Waals surface area contributed by atoms with E-state index in [4.69, 9.17) is 10.8 Å². The Morgan fingerprint density at radius 1 is 1.43 bits per heavy atom. The number of nitrogen functional groups attached to an aromatic ring is 1. The molecule has 2 aliphatic heterocycles. The minimum absolute atomic E-state index is 0.129. The van der Waals surface area contributed by atoms with Crippen molar-refractivity contribution in [1.82, 2.24) is 14.9 Å². The summed E-state index contributed by atoms with van der Waals surface area (Å²) in [4.78, 5) is 25.1. The number of likely N-dealkylation sites (tertiary alicyclic amines) is 1. The molecular weight excluding hydrogens is 294 g/mol. The van der Waals surface area contributed by atoms with E-state index in [1.54, 1.807) is 6.20 Å². The van der Waals surface area contributed by atoms with Gasteiger partial charge in [-0.15, -0.1) is 0 Å². The summed E-state index contributed by atoms with van der Waals surface area (Å²) in [5, 5.41) is 9.04. The SMILES string of the molecule is Cc1cnc(N2CC[C@@H]3[C@@H](CCC(=O)N3CCCO)C2)nc1N. The molecule has 0 aliphatic carbocycles. The van der Waals surface area contributed by atoms with Crippen LogP contribution in [-0.4, -0.2) is 58.2 Å². The summed E-state index contributed by atoms with van der Waals surface area (Å²) in [5.41, 5.74) is 6.79. The van der Waals surface area contributed by atoms with Crippen LogP contribution < -0.4 is 10.6 Å². The zero-order valence-electron chi connectivity index (χ0n) is 13.6. The van der Waals surface area contributed by atoms with Gasteiger partial charge in [0, 0.05) is 50.5 Å². The minimum Gasteiger partial charge on any atom is -0.396 e. The van der Waals surface area contributed by atoms with Crippen LogP contribution in [-0.2, 0) is 4.79 Å². The maximum atomic E-state index is 12.2. The molecule has 0 spiro atoms. The highest BCUT2D eigenvalue weighted by Crippen LogP contribution is 2.32. The fourth-order valence-electron chi connectivity index (χ4n) is 3.66. The van der Waals surface area contributed by atoms with E-state index in [1.165, 1.54) is 0 Å². The first-order valence-corrected chi connectivity index (χ1v) is 8.34. The second-order valence-electron chi connectivity index (χ2n) is 6.50. The summed E-state index contributed by atoms with van der Waals surface area (Å²) >= 11 is 0. The smallest absolute Gasteiger partial charge is 0.227 e. The molecule has 2 atom stereocenters. The van der Waals surface area contributed by atoms with Gasteiger partial charge in [-0.3, -0.25) is 4.79 Å². The van der Waals surface area contributed by atoms with Crippen LogP contribution in [0.2, 0.25) is 0 Å². The van der Waals surface area contributed by atoms with Gasteiger partial charge in [0.1, 0.15) is 5.82 Å². The molecule has 3 rings (SSSR count). The van der Waals surface area contributed by atoms with Gasteiger partial charge in [0.2, 0.25) is 11.9 Å². The van der Waals surface area contributed by atoms with Crippen LogP contribution >= 0.6 is 0 Å². The summed E-state index contributed by atoms with van der Waals surface area (Å²) in [6, 6.07) is 0.279. The third-order valence-electron chi connectivity index (χ3n) is 4.98. The molecule has 126 valence electrons. The van der Waals surface area contributed by atoms with Gasteiger partial charge in [-0.05, 0) is 32.1 Å². The fraction of sp³-hybridized carbons (Fsp3) is 0.688. The number of anilines is 2. The Morgan fingerprint density at radius 2 is 2.26 bits per heavy atom. The first-order valence-electron chi connectivity index (χ1n) is 8.34. The van der Waals surface area contributed by atoms with E-state index >= 15 is 0 Å². The van der Waals surface area contributed by atoms with Gasteiger partial charge in [0.15, 0.2) is 0 Å². The predicted molar refractivity (Wildman–Crippen MR) is 87.9 cm³/mol. The summed E-state index contributed by atoms with van der Waals surface area (Å²) in [6.07, 6.45) is 4.84. The van der Waals surface area contributed by atoms with Gasteiger partial charge in [-0.25, -0.2) is 4.98 Å². The number of fused-ring (bicyclic) bond motifs is 1. The van der Waals surface area contributed by atoms with E-state index in [-0.39, 0.29) is 18.6 Å². The van der Waals surface area contributed by atoms with Crippen molar-refractivity contribution < 1.29 is 9.90 Å². The molecular formula is C16H25N5O2. The van der Waals surface area contributed by atoms with E-state index in [1.807, 2.05) is 11.8 Å². The molecule has 2 saturated heterocycles. The zero-order valence-corrected chi connectivity index (χ0v) is 13.6. The van der Waals surface area contributed by atoms with E-state index in [0.29, 0.717) is 37.1 Å². The highest BCUT2D eigenvalue weighted by atomic mass is 16.3. The number of carbonyl (C=O) groups excluding carboxylic acids is 1. The summed E-state index contributed by atoms with van der Waals surface area (Å²) in [7, 11) is 0. The van der Waals surface area contributed by atoms with Crippen molar-refractivity contribution in [3.05, 3.63) is 11.8 Å². The van der Waals surface area contributed by atoms with Crippen LogP contribution in [0, 0.1) is 12.8 Å². The lowest BCUT2D eigenvalue weighted by Crippen LogP contribution is -2.56. The maximum absolute atomic E-state index is 12.2. The number of piperidine rings is 2. The number of amides is 1. The number of nitrogens with zero attached hydrogens (tertiary/aromatic N) is 4. The average molecular weight is 319 g/mol. The lowest BCUT2D eigenvalue weighted by Gasteiger charge is -2.47. The molecule has 2 fully saturated rings. The van der Waals surface area contributed by atoms with Gasteiger partial charge in [-0.2, -0.15) is 4.98 Å². The Hall–Kier alpha value is -1.89. The van der Waals surface area contributed by atoms with Crippen molar-refractivity contribution >= 4 is 17.7 Å². The first-order chi connectivity index (χ1) is 11.1. The standard InChI is InChI=1S/C16H25N5O2/c1-11-9-18-16(19-15(11)17)20-7-5-13-12(10-20)3-4-14(23)21(13)6-2-8-22/h9,12-13,22H,2-8,10H2,1H3,(H2,17,18,19)/t12-,13+/m0/s1. The third kappa shape index (κ3) is 3.24. The number of aliphatic hydroxyl groups excluding tert-OH is 1. The number of hydrogen-bond acceptors (Lipinski definition) is 6. The molecule has 0 aromatic carbocycles. The van der Waals surface area contributed by atoms with Crippen LogP contribution in [0.5, 0.6) is 0 Å². The molecule has 1 aromatic rings. The number of nitrogens with two attached hydrogens (primary N) is 1. The Labute approximate surface area is 136 Å². The largest absolute Gasteiger partial charge is 0.396 e. The maximum Gasteiger partial charge on any atom is 0.227 e. The van der Waals surface area contributed by atoms with Gasteiger partial charge in [0.05, 0.1) is 0 Å². The first kappa shape index (κ1) is 16.0. The van der Waals surface area contributed by atoms with Crippen LogP contribution in [0.15, 0.2) is 6.20 Å². The van der Waals surface area contributed by atoms with E-state index < -0.39 is 0 Å². The minimum atomic E-state index is 0.129. The Bertz CT molecular complexity index is 580. The van der Waals surface area contributed by atoms with Crippen molar-refractivity contribution in [3.8, 4) is 0 Å². The molecule has 0 bridgehead atoms. The van der Waals surface area contributed by atoms with E-state index in [0.717, 1.165) is 31.5 Å². The fourth-order valence-corrected chi connectivity index (χ4v) is 3.66. The molecule has 23 heavy (non-hydrogen) atoms. The molecule has 7 heteroatoms.